The molecular formula is C19H22N4O2S. The summed E-state index contributed by atoms with van der Waals surface area (Å²) in [6, 6.07) is 3.69. The maximum atomic E-state index is 12.1. The van der Waals surface area contributed by atoms with E-state index in [-0.39, 0.29) is 17.7 Å². The van der Waals surface area contributed by atoms with Gasteiger partial charge in [-0.3, -0.25) is 9.78 Å². The SMILES string of the molecule is CC(C)(C)c1cnc(CCc2cnc(NC(=O)Cc3cccnc3)s2)o1. The van der Waals surface area contributed by atoms with Crippen LogP contribution in [-0.4, -0.2) is 20.9 Å². The fraction of sp³-hybridized carbons (Fsp3) is 0.368. The molecule has 0 bridgehead atoms. The lowest BCUT2D eigenvalue weighted by Crippen LogP contribution is -2.14. The highest BCUT2D eigenvalue weighted by Gasteiger charge is 2.19. The molecule has 0 saturated carbocycles. The Labute approximate surface area is 156 Å². The summed E-state index contributed by atoms with van der Waals surface area (Å²) >= 11 is 1.48. The van der Waals surface area contributed by atoms with Gasteiger partial charge in [-0.1, -0.05) is 26.8 Å². The van der Waals surface area contributed by atoms with E-state index >= 15 is 0 Å². The lowest BCUT2D eigenvalue weighted by molar-refractivity contribution is -0.115. The zero-order valence-corrected chi connectivity index (χ0v) is 16.0. The molecule has 0 atom stereocenters. The maximum absolute atomic E-state index is 12.1. The van der Waals surface area contributed by atoms with Crippen molar-refractivity contribution in [3.8, 4) is 0 Å². The van der Waals surface area contributed by atoms with Crippen LogP contribution in [0.5, 0.6) is 0 Å². The Bertz CT molecular complexity index is 865. The third-order valence-corrected chi connectivity index (χ3v) is 4.74. The Morgan fingerprint density at radius 3 is 2.73 bits per heavy atom. The number of oxazole rings is 1. The zero-order chi connectivity index (χ0) is 18.6. The molecule has 6 nitrogen and oxygen atoms in total. The van der Waals surface area contributed by atoms with Gasteiger partial charge in [-0.2, -0.15) is 0 Å². The van der Waals surface area contributed by atoms with Crippen LogP contribution in [0.4, 0.5) is 5.13 Å². The minimum Gasteiger partial charge on any atom is -0.445 e. The molecule has 1 N–H and O–H groups in total. The summed E-state index contributed by atoms with van der Waals surface area (Å²) in [6.07, 6.45) is 8.74. The van der Waals surface area contributed by atoms with Gasteiger partial charge in [-0.05, 0) is 18.1 Å². The van der Waals surface area contributed by atoms with Gasteiger partial charge in [0.2, 0.25) is 5.91 Å². The lowest BCUT2D eigenvalue weighted by Gasteiger charge is -2.12. The van der Waals surface area contributed by atoms with Crippen molar-refractivity contribution in [3.63, 3.8) is 0 Å². The summed E-state index contributed by atoms with van der Waals surface area (Å²) in [7, 11) is 0. The Morgan fingerprint density at radius 2 is 2.04 bits per heavy atom. The number of anilines is 1. The first-order valence-corrected chi connectivity index (χ1v) is 9.30. The van der Waals surface area contributed by atoms with Crippen molar-refractivity contribution in [1.29, 1.82) is 0 Å². The van der Waals surface area contributed by atoms with Gasteiger partial charge in [0.25, 0.3) is 0 Å². The molecule has 0 aromatic carbocycles. The fourth-order valence-electron chi connectivity index (χ4n) is 2.34. The second-order valence-corrected chi connectivity index (χ2v) is 8.20. The first-order valence-electron chi connectivity index (χ1n) is 8.49. The average molecular weight is 370 g/mol. The molecule has 0 aliphatic heterocycles. The maximum Gasteiger partial charge on any atom is 0.230 e. The number of hydrogen-bond donors (Lipinski definition) is 1. The Hall–Kier alpha value is -2.54. The van der Waals surface area contributed by atoms with E-state index in [2.05, 4.69) is 41.0 Å². The molecule has 3 heterocycles. The van der Waals surface area contributed by atoms with E-state index in [0.717, 1.165) is 28.5 Å². The van der Waals surface area contributed by atoms with E-state index in [1.165, 1.54) is 11.3 Å². The highest BCUT2D eigenvalue weighted by atomic mass is 32.1. The van der Waals surface area contributed by atoms with Crippen molar-refractivity contribution in [3.05, 3.63) is 59.0 Å². The summed E-state index contributed by atoms with van der Waals surface area (Å²) in [6.45, 7) is 6.29. The van der Waals surface area contributed by atoms with Crippen LogP contribution in [0.1, 0.15) is 42.9 Å². The number of hydrogen-bond acceptors (Lipinski definition) is 6. The standard InChI is InChI=1S/C19H22N4O2S/c1-19(2,3)15-12-21-17(25-15)7-6-14-11-22-18(26-14)23-16(24)9-13-5-4-8-20-10-13/h4-5,8,10-12H,6-7,9H2,1-3H3,(H,22,23,24). The van der Waals surface area contributed by atoms with E-state index in [4.69, 9.17) is 4.42 Å². The molecule has 0 spiro atoms. The van der Waals surface area contributed by atoms with Crippen molar-refractivity contribution in [2.75, 3.05) is 5.32 Å². The molecule has 0 unspecified atom stereocenters. The topological polar surface area (TPSA) is 80.9 Å². The van der Waals surface area contributed by atoms with Crippen molar-refractivity contribution >= 4 is 22.4 Å². The van der Waals surface area contributed by atoms with E-state index in [9.17, 15) is 4.79 Å². The number of carbonyl (C=O) groups excluding carboxylic acids is 1. The summed E-state index contributed by atoms with van der Waals surface area (Å²) in [5, 5.41) is 3.44. The molecule has 0 saturated heterocycles. The van der Waals surface area contributed by atoms with E-state index in [0.29, 0.717) is 11.6 Å². The largest absolute Gasteiger partial charge is 0.445 e. The minimum atomic E-state index is -0.0959. The second-order valence-electron chi connectivity index (χ2n) is 7.09. The molecule has 0 fully saturated rings. The molecule has 3 aromatic rings. The summed E-state index contributed by atoms with van der Waals surface area (Å²) < 4.78 is 5.81. The van der Waals surface area contributed by atoms with Crippen LogP contribution < -0.4 is 5.32 Å². The number of aryl methyl sites for hydroxylation is 2. The zero-order valence-electron chi connectivity index (χ0n) is 15.2. The summed E-state index contributed by atoms with van der Waals surface area (Å²) in [4.78, 5) is 25.8. The van der Waals surface area contributed by atoms with Crippen LogP contribution >= 0.6 is 11.3 Å². The van der Waals surface area contributed by atoms with Crippen molar-refractivity contribution in [1.82, 2.24) is 15.0 Å². The number of thiazole rings is 1. The number of pyridine rings is 1. The smallest absolute Gasteiger partial charge is 0.230 e. The van der Waals surface area contributed by atoms with Gasteiger partial charge in [-0.15, -0.1) is 11.3 Å². The number of nitrogens with zero attached hydrogens (tertiary/aromatic N) is 3. The van der Waals surface area contributed by atoms with E-state index < -0.39 is 0 Å². The average Bonchev–Trinajstić information content (AvgIpc) is 3.22. The van der Waals surface area contributed by atoms with Gasteiger partial charge >= 0.3 is 0 Å². The molecule has 1 amide bonds. The molecule has 0 radical (unpaired) electrons. The third kappa shape index (κ3) is 4.98. The van der Waals surface area contributed by atoms with Crippen LogP contribution in [0, 0.1) is 0 Å². The van der Waals surface area contributed by atoms with Crippen molar-refractivity contribution in [2.24, 2.45) is 0 Å². The normalized spacial score (nSPS) is 11.5. The minimum absolute atomic E-state index is 0.0402. The first-order chi connectivity index (χ1) is 12.4. The molecule has 136 valence electrons. The molecular weight excluding hydrogens is 348 g/mol. The number of amides is 1. The highest BCUT2D eigenvalue weighted by Crippen LogP contribution is 2.24. The van der Waals surface area contributed by atoms with Gasteiger partial charge in [0.1, 0.15) is 5.76 Å². The summed E-state index contributed by atoms with van der Waals surface area (Å²) in [5.74, 6) is 1.52. The van der Waals surface area contributed by atoms with E-state index in [1.807, 2.05) is 12.1 Å². The predicted octanol–water partition coefficient (Wildman–Crippen LogP) is 3.79. The Kier molecular flexibility index (Phi) is 5.46. The second kappa shape index (κ2) is 7.78. The predicted molar refractivity (Wildman–Crippen MR) is 101 cm³/mol. The number of aromatic nitrogens is 3. The Balaban J connectivity index is 1.51. The number of nitrogens with one attached hydrogen (secondary N) is 1. The molecule has 0 aliphatic carbocycles. The quantitative estimate of drug-likeness (QED) is 0.714. The van der Waals surface area contributed by atoms with Gasteiger partial charge in [0, 0.05) is 35.3 Å². The molecule has 3 aromatic heterocycles. The van der Waals surface area contributed by atoms with Gasteiger partial charge < -0.3 is 9.73 Å². The van der Waals surface area contributed by atoms with Gasteiger partial charge in [0.05, 0.1) is 12.6 Å². The van der Waals surface area contributed by atoms with Crippen LogP contribution in [0.3, 0.4) is 0 Å². The van der Waals surface area contributed by atoms with Crippen LogP contribution in [0.15, 0.2) is 41.3 Å². The number of carbonyl (C=O) groups is 1. The first kappa shape index (κ1) is 18.3. The molecule has 3 rings (SSSR count). The molecule has 7 heteroatoms. The van der Waals surface area contributed by atoms with Gasteiger partial charge in [0.15, 0.2) is 11.0 Å². The van der Waals surface area contributed by atoms with Crippen LogP contribution in [0.25, 0.3) is 0 Å². The fourth-order valence-corrected chi connectivity index (χ4v) is 3.16. The monoisotopic (exact) mass is 370 g/mol. The van der Waals surface area contributed by atoms with E-state index in [1.54, 1.807) is 24.8 Å². The molecule has 0 aliphatic rings. The highest BCUT2D eigenvalue weighted by molar-refractivity contribution is 7.15. The Morgan fingerprint density at radius 1 is 1.19 bits per heavy atom. The number of rotatable bonds is 6. The van der Waals surface area contributed by atoms with Gasteiger partial charge in [-0.25, -0.2) is 9.97 Å². The molecule has 26 heavy (non-hydrogen) atoms. The third-order valence-electron chi connectivity index (χ3n) is 3.77. The summed E-state index contributed by atoms with van der Waals surface area (Å²) in [5.41, 5.74) is 0.835. The van der Waals surface area contributed by atoms with Crippen molar-refractivity contribution < 1.29 is 9.21 Å². The lowest BCUT2D eigenvalue weighted by atomic mass is 9.94. The van der Waals surface area contributed by atoms with Crippen LogP contribution in [0.2, 0.25) is 0 Å². The van der Waals surface area contributed by atoms with Crippen molar-refractivity contribution in [2.45, 2.75) is 45.4 Å². The van der Waals surface area contributed by atoms with Crippen LogP contribution in [-0.2, 0) is 29.5 Å².